The smallest absolute Gasteiger partial charge is 0.347 e. The number of allylic oxidation sites excluding steroid dienone is 1. The van der Waals surface area contributed by atoms with Gasteiger partial charge in [-0.05, 0) is 60.5 Å². The molecule has 7 nitrogen and oxygen atoms in total. The van der Waals surface area contributed by atoms with E-state index < -0.39 is 11.9 Å². The van der Waals surface area contributed by atoms with Crippen LogP contribution in [0.1, 0.15) is 39.9 Å². The molecule has 0 radical (unpaired) electrons. The fraction of sp³-hybridized carbons (Fsp3) is 0.125. The van der Waals surface area contributed by atoms with Crippen LogP contribution in [0.2, 0.25) is 0 Å². The average molecular weight is 537 g/mol. The number of nitriles is 1. The fourth-order valence-corrected chi connectivity index (χ4v) is 4.45. The van der Waals surface area contributed by atoms with Gasteiger partial charge in [0.1, 0.15) is 52.6 Å². The number of carbonyl (C=O) groups is 1. The highest BCUT2D eigenvalue weighted by Crippen LogP contribution is 2.44. The minimum atomic E-state index is -0.580. The lowest BCUT2D eigenvalue weighted by Gasteiger charge is -2.27. The molecule has 1 heterocycles. The maximum absolute atomic E-state index is 13.2. The zero-order chi connectivity index (χ0) is 28.1. The number of hydrogen-bond acceptors (Lipinski definition) is 7. The summed E-state index contributed by atoms with van der Waals surface area (Å²) in [6.45, 7) is 2.49. The maximum Gasteiger partial charge on any atom is 0.347 e. The third kappa shape index (κ3) is 5.59. The van der Waals surface area contributed by atoms with Gasteiger partial charge in [-0.2, -0.15) is 5.26 Å². The minimum absolute atomic E-state index is 0.0391. The van der Waals surface area contributed by atoms with E-state index in [0.717, 1.165) is 11.1 Å². The van der Waals surface area contributed by atoms with Crippen molar-refractivity contribution in [2.75, 3.05) is 6.61 Å². The first-order valence-corrected chi connectivity index (χ1v) is 12.6. The van der Waals surface area contributed by atoms with Gasteiger partial charge in [-0.1, -0.05) is 42.5 Å². The molecule has 0 aromatic heterocycles. The van der Waals surface area contributed by atoms with E-state index in [-0.39, 0.29) is 29.6 Å². The summed E-state index contributed by atoms with van der Waals surface area (Å²) < 4.78 is 36.1. The lowest BCUT2D eigenvalue weighted by atomic mass is 9.83. The van der Waals surface area contributed by atoms with Gasteiger partial charge < -0.3 is 24.7 Å². The standard InChI is InChI=1S/C32H25FN2O5/c1-2-37-28-9-4-3-8-26(28)32(36)39-24-14-15-25-29(17-24)40-31(35)27(18-34)30(25)21-6-5-7-23(16-21)38-19-20-10-12-22(33)13-11-20/h3-17,30H,2,19,35H2,1H3. The van der Waals surface area contributed by atoms with Crippen molar-refractivity contribution in [2.24, 2.45) is 5.73 Å². The minimum Gasteiger partial charge on any atom is -0.493 e. The highest BCUT2D eigenvalue weighted by Gasteiger charge is 2.31. The van der Waals surface area contributed by atoms with Crippen LogP contribution in [0.3, 0.4) is 0 Å². The lowest BCUT2D eigenvalue weighted by Crippen LogP contribution is -2.21. The molecule has 4 aromatic rings. The molecule has 0 saturated carbocycles. The predicted molar refractivity (Wildman–Crippen MR) is 145 cm³/mol. The van der Waals surface area contributed by atoms with Gasteiger partial charge in [0.2, 0.25) is 5.88 Å². The van der Waals surface area contributed by atoms with Crippen molar-refractivity contribution >= 4 is 5.97 Å². The first kappa shape index (κ1) is 26.3. The van der Waals surface area contributed by atoms with E-state index in [0.29, 0.717) is 35.0 Å². The van der Waals surface area contributed by atoms with Gasteiger partial charge in [-0.15, -0.1) is 0 Å². The second kappa shape index (κ2) is 11.6. The molecule has 1 aliphatic heterocycles. The average Bonchev–Trinajstić information content (AvgIpc) is 2.96. The van der Waals surface area contributed by atoms with Crippen molar-refractivity contribution in [1.82, 2.24) is 0 Å². The SMILES string of the molecule is CCOc1ccccc1C(=O)Oc1ccc2c(c1)OC(N)=C(C#N)C2c1cccc(OCc2ccc(F)cc2)c1. The van der Waals surface area contributed by atoms with Crippen molar-refractivity contribution in [2.45, 2.75) is 19.4 Å². The van der Waals surface area contributed by atoms with E-state index >= 15 is 0 Å². The monoisotopic (exact) mass is 536 g/mol. The number of halogens is 1. The highest BCUT2D eigenvalue weighted by molar-refractivity contribution is 5.94. The molecule has 0 amide bonds. The van der Waals surface area contributed by atoms with E-state index in [2.05, 4.69) is 6.07 Å². The van der Waals surface area contributed by atoms with E-state index in [1.54, 1.807) is 60.7 Å². The van der Waals surface area contributed by atoms with Gasteiger partial charge in [0.25, 0.3) is 0 Å². The predicted octanol–water partition coefficient (Wildman–Crippen LogP) is 6.24. The van der Waals surface area contributed by atoms with Crippen LogP contribution in [0.25, 0.3) is 0 Å². The van der Waals surface area contributed by atoms with Crippen molar-refractivity contribution in [3.63, 3.8) is 0 Å². The van der Waals surface area contributed by atoms with Gasteiger partial charge in [0.15, 0.2) is 0 Å². The largest absolute Gasteiger partial charge is 0.493 e. The van der Waals surface area contributed by atoms with Crippen molar-refractivity contribution in [3.05, 3.63) is 131 Å². The molecular weight excluding hydrogens is 511 g/mol. The zero-order valence-electron chi connectivity index (χ0n) is 21.6. The molecule has 2 N–H and O–H groups in total. The molecule has 200 valence electrons. The second-order valence-electron chi connectivity index (χ2n) is 8.93. The molecule has 0 bridgehead atoms. The Labute approximate surface area is 230 Å². The third-order valence-corrected chi connectivity index (χ3v) is 6.32. The Bertz CT molecular complexity index is 1630. The summed E-state index contributed by atoms with van der Waals surface area (Å²) in [4.78, 5) is 12.9. The van der Waals surface area contributed by atoms with Crippen molar-refractivity contribution < 1.29 is 28.1 Å². The molecule has 40 heavy (non-hydrogen) atoms. The molecule has 0 spiro atoms. The number of benzene rings is 4. The van der Waals surface area contributed by atoms with E-state index in [4.69, 9.17) is 24.7 Å². The Morgan fingerprint density at radius 1 is 0.975 bits per heavy atom. The summed E-state index contributed by atoms with van der Waals surface area (Å²) >= 11 is 0. The van der Waals surface area contributed by atoms with Crippen LogP contribution in [0, 0.1) is 17.1 Å². The molecule has 8 heteroatoms. The van der Waals surface area contributed by atoms with E-state index in [1.807, 2.05) is 25.1 Å². The van der Waals surface area contributed by atoms with Gasteiger partial charge in [0, 0.05) is 11.6 Å². The van der Waals surface area contributed by atoms with E-state index in [9.17, 15) is 14.4 Å². The molecule has 0 aliphatic carbocycles. The Kier molecular flexibility index (Phi) is 7.65. The molecule has 0 saturated heterocycles. The van der Waals surface area contributed by atoms with Crippen LogP contribution in [0.5, 0.6) is 23.0 Å². The topological polar surface area (TPSA) is 104 Å². The Morgan fingerprint density at radius 3 is 2.55 bits per heavy atom. The van der Waals surface area contributed by atoms with Crippen LogP contribution in [0.15, 0.2) is 102 Å². The molecule has 1 atom stereocenters. The molecule has 0 fully saturated rings. The number of nitrogens with zero attached hydrogens (tertiary/aromatic N) is 1. The quantitative estimate of drug-likeness (QED) is 0.210. The van der Waals surface area contributed by atoms with Gasteiger partial charge in [0.05, 0.1) is 12.5 Å². The number of ether oxygens (including phenoxy) is 4. The number of carbonyl (C=O) groups excluding carboxylic acids is 1. The molecule has 1 aliphatic rings. The highest BCUT2D eigenvalue weighted by atomic mass is 19.1. The summed E-state index contributed by atoms with van der Waals surface area (Å²) in [5.74, 6) is 0.144. The Balaban J connectivity index is 1.41. The van der Waals surface area contributed by atoms with Gasteiger partial charge >= 0.3 is 5.97 Å². The molecule has 4 aromatic carbocycles. The normalized spacial score (nSPS) is 14.0. The number of rotatable bonds is 8. The van der Waals surface area contributed by atoms with Crippen LogP contribution in [-0.2, 0) is 6.61 Å². The summed E-state index contributed by atoms with van der Waals surface area (Å²) in [5.41, 5.74) is 8.96. The number of para-hydroxylation sites is 1. The number of hydrogen-bond donors (Lipinski definition) is 1. The van der Waals surface area contributed by atoms with Gasteiger partial charge in [-0.25, -0.2) is 9.18 Å². The summed E-state index contributed by atoms with van der Waals surface area (Å²) in [6, 6.07) is 27.3. The number of nitrogens with two attached hydrogens (primary N) is 1. The van der Waals surface area contributed by atoms with Crippen LogP contribution >= 0.6 is 0 Å². The molecule has 1 unspecified atom stereocenters. The van der Waals surface area contributed by atoms with Crippen LogP contribution in [-0.4, -0.2) is 12.6 Å². The van der Waals surface area contributed by atoms with Gasteiger partial charge in [-0.3, -0.25) is 0 Å². The summed E-state index contributed by atoms with van der Waals surface area (Å²) in [7, 11) is 0. The van der Waals surface area contributed by atoms with Crippen LogP contribution < -0.4 is 24.7 Å². The first-order chi connectivity index (χ1) is 19.5. The fourth-order valence-electron chi connectivity index (χ4n) is 4.45. The summed E-state index contributed by atoms with van der Waals surface area (Å²) in [6.07, 6.45) is 0. The Morgan fingerprint density at radius 2 is 1.77 bits per heavy atom. The van der Waals surface area contributed by atoms with Crippen molar-refractivity contribution in [3.8, 4) is 29.1 Å². The van der Waals surface area contributed by atoms with Crippen molar-refractivity contribution in [1.29, 1.82) is 5.26 Å². The third-order valence-electron chi connectivity index (χ3n) is 6.32. The zero-order valence-corrected chi connectivity index (χ0v) is 21.6. The molecule has 5 rings (SSSR count). The Hall–Kier alpha value is -5.29. The number of fused-ring (bicyclic) bond motifs is 1. The first-order valence-electron chi connectivity index (χ1n) is 12.6. The molecular formula is C32H25FN2O5. The second-order valence-corrected chi connectivity index (χ2v) is 8.93. The summed E-state index contributed by atoms with van der Waals surface area (Å²) in [5, 5.41) is 9.92. The lowest BCUT2D eigenvalue weighted by molar-refractivity contribution is 0.0730. The van der Waals surface area contributed by atoms with E-state index in [1.165, 1.54) is 12.1 Å². The maximum atomic E-state index is 13.2. The van der Waals surface area contributed by atoms with Crippen LogP contribution in [0.4, 0.5) is 4.39 Å². The number of esters is 1.